The first-order valence-corrected chi connectivity index (χ1v) is 10.6. The average Bonchev–Trinajstić information content (AvgIpc) is 2.38. The molecule has 0 saturated carbocycles. The fourth-order valence-corrected chi connectivity index (χ4v) is 5.16. The topological polar surface area (TPSA) is 0 Å². The van der Waals surface area contributed by atoms with Crippen molar-refractivity contribution in [2.75, 3.05) is 0 Å². The minimum Gasteiger partial charge on any atom is -0.0652 e. The molecule has 106 valence electrons. The molecule has 2 aromatic rings. The maximum Gasteiger partial charge on any atom is 0.0849 e. The van der Waals surface area contributed by atoms with E-state index in [4.69, 9.17) is 0 Å². The van der Waals surface area contributed by atoms with Crippen molar-refractivity contribution in [3.05, 3.63) is 65.7 Å². The van der Waals surface area contributed by atoms with Gasteiger partial charge in [-0.15, -0.1) is 0 Å². The zero-order valence-corrected chi connectivity index (χ0v) is 14.4. The van der Waals surface area contributed by atoms with Crippen LogP contribution in [0.25, 0.3) is 0 Å². The van der Waals surface area contributed by atoms with Gasteiger partial charge in [0.1, 0.15) is 0 Å². The molecule has 0 N–H and O–H groups in total. The second-order valence-corrected chi connectivity index (χ2v) is 12.1. The van der Waals surface area contributed by atoms with Gasteiger partial charge in [-0.2, -0.15) is 0 Å². The molecule has 0 aliphatic carbocycles. The van der Waals surface area contributed by atoms with Crippen LogP contribution in [0, 0.1) is 0 Å². The van der Waals surface area contributed by atoms with Gasteiger partial charge in [0.25, 0.3) is 0 Å². The molecule has 0 aliphatic heterocycles. The molecule has 0 aromatic heterocycles. The molecule has 0 amide bonds. The van der Waals surface area contributed by atoms with E-state index in [-0.39, 0.29) is 5.41 Å². The van der Waals surface area contributed by atoms with Gasteiger partial charge in [-0.1, -0.05) is 99.2 Å². The van der Waals surface area contributed by atoms with Crippen LogP contribution in [0.2, 0.25) is 13.1 Å². The fourth-order valence-electron chi connectivity index (χ4n) is 2.63. The van der Waals surface area contributed by atoms with E-state index >= 15 is 0 Å². The standard InChI is InChI=1S/C19H26Si/c1-19(2,3)17-11-13-18(14-12-17)20(4,5)15-16-9-7-6-8-10-16/h6-14H,15H2,1-5H3. The SMILES string of the molecule is CC(C)(C)c1ccc([Si](C)(C)Cc2ccccc2)cc1. The van der Waals surface area contributed by atoms with Crippen molar-refractivity contribution in [1.82, 2.24) is 0 Å². The van der Waals surface area contributed by atoms with Crippen LogP contribution in [0.15, 0.2) is 54.6 Å². The van der Waals surface area contributed by atoms with E-state index in [2.05, 4.69) is 88.5 Å². The first-order valence-electron chi connectivity index (χ1n) is 7.44. The van der Waals surface area contributed by atoms with Crippen LogP contribution < -0.4 is 5.19 Å². The highest BCUT2D eigenvalue weighted by Gasteiger charge is 2.24. The van der Waals surface area contributed by atoms with Crippen LogP contribution in [-0.2, 0) is 11.5 Å². The first-order chi connectivity index (χ1) is 9.29. The van der Waals surface area contributed by atoms with Crippen molar-refractivity contribution in [1.29, 1.82) is 0 Å². The molecule has 0 fully saturated rings. The number of benzene rings is 2. The van der Waals surface area contributed by atoms with Crippen molar-refractivity contribution < 1.29 is 0 Å². The molecule has 2 aromatic carbocycles. The molecule has 0 atom stereocenters. The molecular weight excluding hydrogens is 256 g/mol. The van der Waals surface area contributed by atoms with E-state index in [0.717, 1.165) is 0 Å². The molecule has 0 radical (unpaired) electrons. The predicted octanol–water partition coefficient (Wildman–Crippen LogP) is 4.68. The van der Waals surface area contributed by atoms with Gasteiger partial charge in [0.15, 0.2) is 0 Å². The molecule has 0 unspecified atom stereocenters. The molecule has 1 heteroatoms. The summed E-state index contributed by atoms with van der Waals surface area (Å²) in [4.78, 5) is 0. The largest absolute Gasteiger partial charge is 0.0849 e. The highest BCUT2D eigenvalue weighted by molar-refractivity contribution is 6.89. The summed E-state index contributed by atoms with van der Waals surface area (Å²) in [5.41, 5.74) is 3.12. The maximum absolute atomic E-state index is 2.46. The summed E-state index contributed by atoms with van der Waals surface area (Å²) in [6.45, 7) is 11.7. The second-order valence-electron chi connectivity index (χ2n) is 7.37. The Bertz CT molecular complexity index is 545. The Hall–Kier alpha value is -1.34. The minimum atomic E-state index is -1.40. The molecular formula is C19H26Si. The highest BCUT2D eigenvalue weighted by Crippen LogP contribution is 2.22. The van der Waals surface area contributed by atoms with Crippen LogP contribution in [0.1, 0.15) is 31.9 Å². The monoisotopic (exact) mass is 282 g/mol. The Morgan fingerprint density at radius 2 is 1.35 bits per heavy atom. The number of hydrogen-bond acceptors (Lipinski definition) is 0. The second kappa shape index (κ2) is 5.57. The van der Waals surface area contributed by atoms with Crippen molar-refractivity contribution in [2.24, 2.45) is 0 Å². The van der Waals surface area contributed by atoms with E-state index < -0.39 is 8.07 Å². The van der Waals surface area contributed by atoms with E-state index in [0.29, 0.717) is 0 Å². The molecule has 0 bridgehead atoms. The molecule has 0 heterocycles. The molecule has 2 rings (SSSR count). The zero-order chi connectivity index (χ0) is 14.8. The molecule has 20 heavy (non-hydrogen) atoms. The van der Waals surface area contributed by atoms with Crippen molar-refractivity contribution in [3.63, 3.8) is 0 Å². The molecule has 0 spiro atoms. The van der Waals surface area contributed by atoms with Crippen molar-refractivity contribution >= 4 is 13.3 Å². The van der Waals surface area contributed by atoms with Gasteiger partial charge >= 0.3 is 0 Å². The van der Waals surface area contributed by atoms with Gasteiger partial charge in [0.2, 0.25) is 0 Å². The molecule has 0 nitrogen and oxygen atoms in total. The van der Waals surface area contributed by atoms with Gasteiger partial charge in [0, 0.05) is 0 Å². The summed E-state index contributed by atoms with van der Waals surface area (Å²) in [5.74, 6) is 0. The van der Waals surface area contributed by atoms with Crippen molar-refractivity contribution in [3.8, 4) is 0 Å². The van der Waals surface area contributed by atoms with Gasteiger partial charge in [-0.05, 0) is 17.0 Å². The van der Waals surface area contributed by atoms with E-state index in [1.807, 2.05) is 0 Å². The Labute approximate surface area is 124 Å². The lowest BCUT2D eigenvalue weighted by Gasteiger charge is -2.25. The highest BCUT2D eigenvalue weighted by atomic mass is 28.3. The summed E-state index contributed by atoms with van der Waals surface area (Å²) in [7, 11) is -1.40. The number of rotatable bonds is 3. The normalized spacial score (nSPS) is 12.4. The summed E-state index contributed by atoms with van der Waals surface area (Å²) in [6, 6.07) is 21.4. The minimum absolute atomic E-state index is 0.240. The van der Waals surface area contributed by atoms with Gasteiger partial charge in [0.05, 0.1) is 8.07 Å². The van der Waals surface area contributed by atoms with E-state index in [9.17, 15) is 0 Å². The van der Waals surface area contributed by atoms with Crippen LogP contribution in [0.3, 0.4) is 0 Å². The van der Waals surface area contributed by atoms with E-state index in [1.165, 1.54) is 17.2 Å². The van der Waals surface area contributed by atoms with Gasteiger partial charge < -0.3 is 0 Å². The maximum atomic E-state index is 2.46. The quantitative estimate of drug-likeness (QED) is 0.717. The average molecular weight is 283 g/mol. The van der Waals surface area contributed by atoms with Crippen LogP contribution >= 0.6 is 0 Å². The van der Waals surface area contributed by atoms with Gasteiger partial charge in [-0.25, -0.2) is 0 Å². The summed E-state index contributed by atoms with van der Waals surface area (Å²) in [6.07, 6.45) is 0. The van der Waals surface area contributed by atoms with E-state index in [1.54, 1.807) is 5.19 Å². The van der Waals surface area contributed by atoms with Crippen LogP contribution in [0.4, 0.5) is 0 Å². The third-order valence-corrected chi connectivity index (χ3v) is 7.21. The summed E-state index contributed by atoms with van der Waals surface area (Å²) >= 11 is 0. The predicted molar refractivity (Wildman–Crippen MR) is 92.4 cm³/mol. The summed E-state index contributed by atoms with van der Waals surface area (Å²) in [5, 5.41) is 1.55. The third kappa shape index (κ3) is 3.60. The zero-order valence-electron chi connectivity index (χ0n) is 13.4. The number of hydrogen-bond donors (Lipinski definition) is 0. The fraction of sp³-hybridized carbons (Fsp3) is 0.368. The van der Waals surface area contributed by atoms with Crippen LogP contribution in [0.5, 0.6) is 0 Å². The van der Waals surface area contributed by atoms with Crippen molar-refractivity contribution in [2.45, 2.75) is 45.3 Å². The first kappa shape index (κ1) is 15.1. The third-order valence-electron chi connectivity index (χ3n) is 4.02. The Morgan fingerprint density at radius 1 is 0.800 bits per heavy atom. The summed E-state index contributed by atoms with van der Waals surface area (Å²) < 4.78 is 0. The molecule has 0 aliphatic rings. The van der Waals surface area contributed by atoms with Crippen LogP contribution in [-0.4, -0.2) is 8.07 Å². The Kier molecular flexibility index (Phi) is 4.19. The Balaban J connectivity index is 2.21. The molecule has 0 saturated heterocycles. The smallest absolute Gasteiger partial charge is 0.0652 e. The lowest BCUT2D eigenvalue weighted by Crippen LogP contribution is -2.44. The Morgan fingerprint density at radius 3 is 1.85 bits per heavy atom. The lowest BCUT2D eigenvalue weighted by molar-refractivity contribution is 0.590. The van der Waals surface area contributed by atoms with Gasteiger partial charge in [-0.3, -0.25) is 0 Å². The lowest BCUT2D eigenvalue weighted by atomic mass is 9.87.